The first kappa shape index (κ1) is 21.1. The molecule has 0 unspecified atom stereocenters. The number of rotatable bonds is 7. The molecular weight excluding hydrogens is 434 g/mol. The molecule has 5 rings (SSSR count). The third-order valence-corrected chi connectivity index (χ3v) is 6.38. The number of thioether (sulfide) groups is 1. The predicted molar refractivity (Wildman–Crippen MR) is 128 cm³/mol. The van der Waals surface area contributed by atoms with Crippen LogP contribution in [0.1, 0.15) is 23.2 Å². The number of nitrogens with zero attached hydrogens (tertiary/aromatic N) is 5. The van der Waals surface area contributed by atoms with Crippen LogP contribution in [0.25, 0.3) is 17.1 Å². The molecule has 7 nitrogen and oxygen atoms in total. The monoisotopic (exact) mass is 455 g/mol. The molecule has 1 saturated heterocycles. The third-order valence-electron chi connectivity index (χ3n) is 5.45. The molecule has 0 spiro atoms. The molecule has 1 amide bonds. The molecule has 164 valence electrons. The Morgan fingerprint density at radius 1 is 0.970 bits per heavy atom. The van der Waals surface area contributed by atoms with Crippen molar-refractivity contribution in [2.24, 2.45) is 0 Å². The van der Waals surface area contributed by atoms with Gasteiger partial charge in [-0.05, 0) is 42.8 Å². The van der Waals surface area contributed by atoms with E-state index in [1.807, 2.05) is 59.2 Å². The lowest BCUT2D eigenvalue weighted by Crippen LogP contribution is -2.23. The van der Waals surface area contributed by atoms with E-state index in [-0.39, 0.29) is 17.4 Å². The summed E-state index contributed by atoms with van der Waals surface area (Å²) < 4.78 is 1.94. The van der Waals surface area contributed by atoms with Gasteiger partial charge >= 0.3 is 0 Å². The number of aromatic nitrogens is 4. The first-order valence-corrected chi connectivity index (χ1v) is 11.7. The molecule has 2 aromatic carbocycles. The van der Waals surface area contributed by atoms with Crippen molar-refractivity contribution in [1.82, 2.24) is 19.7 Å². The van der Waals surface area contributed by atoms with Gasteiger partial charge in [0.1, 0.15) is 0 Å². The van der Waals surface area contributed by atoms with Crippen molar-refractivity contribution in [3.63, 3.8) is 0 Å². The van der Waals surface area contributed by atoms with Gasteiger partial charge in [0.2, 0.25) is 5.91 Å². The van der Waals surface area contributed by atoms with Gasteiger partial charge in [0.05, 0.1) is 5.75 Å². The Morgan fingerprint density at radius 2 is 1.82 bits per heavy atom. The number of para-hydroxylation sites is 1. The molecule has 0 atom stereocenters. The standard InChI is InChI=1S/C25H21N5O2S/c31-22(18-7-4-11-21(15-18)29-14-6-12-23(29)32)17-33-25-28-27-24(19-8-5-13-26-16-19)30(25)20-9-2-1-3-10-20/h1-5,7-11,13,15-16H,6,12,14,17H2. The number of benzene rings is 2. The number of ketones is 1. The molecule has 3 heterocycles. The van der Waals surface area contributed by atoms with Crippen LogP contribution in [0.3, 0.4) is 0 Å². The van der Waals surface area contributed by atoms with E-state index >= 15 is 0 Å². The highest BCUT2D eigenvalue weighted by atomic mass is 32.2. The maximum absolute atomic E-state index is 13.0. The minimum absolute atomic E-state index is 0.0287. The Bertz CT molecular complexity index is 1290. The molecule has 0 aliphatic carbocycles. The number of Topliss-reactive ketones (excluding diaryl/α,β-unsaturated/α-hetero) is 1. The van der Waals surface area contributed by atoms with E-state index in [4.69, 9.17) is 0 Å². The quantitative estimate of drug-likeness (QED) is 0.303. The summed E-state index contributed by atoms with van der Waals surface area (Å²) in [5.74, 6) is 0.945. The van der Waals surface area contributed by atoms with Crippen LogP contribution in [0.2, 0.25) is 0 Å². The maximum atomic E-state index is 13.0. The van der Waals surface area contributed by atoms with E-state index in [0.717, 1.165) is 23.4 Å². The van der Waals surface area contributed by atoms with Crippen LogP contribution in [0.4, 0.5) is 5.69 Å². The SMILES string of the molecule is O=C(CSc1nnc(-c2cccnc2)n1-c1ccccc1)c1cccc(N2CCCC2=O)c1. The summed E-state index contributed by atoms with van der Waals surface area (Å²) in [6.07, 6.45) is 4.86. The fourth-order valence-electron chi connectivity index (χ4n) is 3.84. The summed E-state index contributed by atoms with van der Waals surface area (Å²) in [6.45, 7) is 0.697. The number of carbonyl (C=O) groups excluding carboxylic acids is 2. The second-order valence-corrected chi connectivity index (χ2v) is 8.57. The molecule has 4 aromatic rings. The second kappa shape index (κ2) is 9.38. The van der Waals surface area contributed by atoms with Gasteiger partial charge in [-0.25, -0.2) is 0 Å². The fourth-order valence-corrected chi connectivity index (χ4v) is 4.68. The van der Waals surface area contributed by atoms with E-state index in [1.54, 1.807) is 29.4 Å². The highest BCUT2D eigenvalue weighted by Crippen LogP contribution is 2.28. The highest BCUT2D eigenvalue weighted by molar-refractivity contribution is 7.99. The van der Waals surface area contributed by atoms with Crippen LogP contribution in [0.15, 0.2) is 84.3 Å². The summed E-state index contributed by atoms with van der Waals surface area (Å²) in [6, 6.07) is 20.9. The number of hydrogen-bond donors (Lipinski definition) is 0. The molecule has 0 N–H and O–H groups in total. The van der Waals surface area contributed by atoms with E-state index < -0.39 is 0 Å². The summed E-state index contributed by atoms with van der Waals surface area (Å²) >= 11 is 1.34. The number of hydrogen-bond acceptors (Lipinski definition) is 6. The summed E-state index contributed by atoms with van der Waals surface area (Å²) in [5, 5.41) is 9.38. The largest absolute Gasteiger partial charge is 0.312 e. The van der Waals surface area contributed by atoms with E-state index in [0.29, 0.717) is 29.5 Å². The molecule has 2 aromatic heterocycles. The molecule has 1 aliphatic rings. The van der Waals surface area contributed by atoms with Crippen molar-refractivity contribution in [3.8, 4) is 17.1 Å². The van der Waals surface area contributed by atoms with Crippen molar-refractivity contribution in [2.45, 2.75) is 18.0 Å². The molecule has 8 heteroatoms. The topological polar surface area (TPSA) is 81.0 Å². The van der Waals surface area contributed by atoms with Crippen molar-refractivity contribution >= 4 is 29.1 Å². The molecule has 0 radical (unpaired) electrons. The molecule has 33 heavy (non-hydrogen) atoms. The van der Waals surface area contributed by atoms with Gasteiger partial charge in [0.25, 0.3) is 0 Å². The average molecular weight is 456 g/mol. The number of carbonyl (C=O) groups is 2. The van der Waals surface area contributed by atoms with Gasteiger partial charge in [-0.2, -0.15) is 0 Å². The van der Waals surface area contributed by atoms with Crippen LogP contribution in [-0.4, -0.2) is 43.7 Å². The lowest BCUT2D eigenvalue weighted by atomic mass is 10.1. The Labute approximate surface area is 195 Å². The first-order chi connectivity index (χ1) is 16.2. The second-order valence-electron chi connectivity index (χ2n) is 7.63. The van der Waals surface area contributed by atoms with Crippen molar-refractivity contribution in [3.05, 3.63) is 84.7 Å². The first-order valence-electron chi connectivity index (χ1n) is 10.7. The summed E-state index contributed by atoms with van der Waals surface area (Å²) in [7, 11) is 0. The highest BCUT2D eigenvalue weighted by Gasteiger charge is 2.23. The summed E-state index contributed by atoms with van der Waals surface area (Å²) in [4.78, 5) is 31.0. The van der Waals surface area contributed by atoms with Crippen LogP contribution < -0.4 is 4.90 Å². The zero-order valence-electron chi connectivity index (χ0n) is 17.8. The number of pyridine rings is 1. The Balaban J connectivity index is 1.40. The van der Waals surface area contributed by atoms with Crippen LogP contribution >= 0.6 is 11.8 Å². The molecular formula is C25H21N5O2S. The van der Waals surface area contributed by atoms with Gasteiger partial charge in [0, 0.05) is 47.9 Å². The Hall–Kier alpha value is -3.78. The van der Waals surface area contributed by atoms with Gasteiger partial charge in [-0.1, -0.05) is 42.1 Å². The van der Waals surface area contributed by atoms with Crippen molar-refractivity contribution in [1.29, 1.82) is 0 Å². The van der Waals surface area contributed by atoms with Gasteiger partial charge in [-0.3, -0.25) is 19.1 Å². The Morgan fingerprint density at radius 3 is 2.58 bits per heavy atom. The molecule has 0 bridgehead atoms. The van der Waals surface area contributed by atoms with Gasteiger partial charge < -0.3 is 4.90 Å². The molecule has 1 fully saturated rings. The minimum Gasteiger partial charge on any atom is -0.312 e. The maximum Gasteiger partial charge on any atom is 0.227 e. The third kappa shape index (κ3) is 4.42. The van der Waals surface area contributed by atoms with E-state index in [2.05, 4.69) is 15.2 Å². The molecule has 1 aliphatic heterocycles. The average Bonchev–Trinajstić information content (AvgIpc) is 3.50. The van der Waals surface area contributed by atoms with E-state index in [1.165, 1.54) is 11.8 Å². The molecule has 0 saturated carbocycles. The van der Waals surface area contributed by atoms with Crippen LogP contribution in [0, 0.1) is 0 Å². The number of amides is 1. The lowest BCUT2D eigenvalue weighted by molar-refractivity contribution is -0.117. The lowest BCUT2D eigenvalue weighted by Gasteiger charge is -2.16. The van der Waals surface area contributed by atoms with E-state index in [9.17, 15) is 9.59 Å². The van der Waals surface area contributed by atoms with Crippen molar-refractivity contribution in [2.75, 3.05) is 17.2 Å². The zero-order chi connectivity index (χ0) is 22.6. The zero-order valence-corrected chi connectivity index (χ0v) is 18.6. The van der Waals surface area contributed by atoms with Crippen LogP contribution in [0.5, 0.6) is 0 Å². The van der Waals surface area contributed by atoms with Crippen LogP contribution in [-0.2, 0) is 4.79 Å². The normalized spacial score (nSPS) is 13.5. The van der Waals surface area contributed by atoms with Gasteiger partial charge in [-0.15, -0.1) is 10.2 Å². The smallest absolute Gasteiger partial charge is 0.227 e. The summed E-state index contributed by atoms with van der Waals surface area (Å²) in [5.41, 5.74) is 3.11. The minimum atomic E-state index is -0.0287. The van der Waals surface area contributed by atoms with Crippen molar-refractivity contribution < 1.29 is 9.59 Å². The van der Waals surface area contributed by atoms with Gasteiger partial charge in [0.15, 0.2) is 16.8 Å². The predicted octanol–water partition coefficient (Wildman–Crippen LogP) is 4.43. The number of anilines is 1. The fraction of sp³-hybridized carbons (Fsp3) is 0.160. The Kier molecular flexibility index (Phi) is 5.99.